The number of aromatic nitrogens is 4. The number of rotatable bonds is 5. The fourth-order valence-corrected chi connectivity index (χ4v) is 2.88. The van der Waals surface area contributed by atoms with E-state index in [1.165, 1.54) is 11.3 Å². The quantitative estimate of drug-likeness (QED) is 0.744. The molecule has 3 aromatic rings. The summed E-state index contributed by atoms with van der Waals surface area (Å²) in [5, 5.41) is 14.6. The third-order valence-electron chi connectivity index (χ3n) is 3.23. The lowest BCUT2D eigenvalue weighted by Gasteiger charge is -2.05. The Morgan fingerprint density at radius 3 is 2.95 bits per heavy atom. The van der Waals surface area contributed by atoms with Gasteiger partial charge in [0.15, 0.2) is 16.8 Å². The van der Waals surface area contributed by atoms with Crippen LogP contribution in [0.3, 0.4) is 0 Å². The van der Waals surface area contributed by atoms with E-state index >= 15 is 0 Å². The van der Waals surface area contributed by atoms with E-state index in [4.69, 9.17) is 10.5 Å². The van der Waals surface area contributed by atoms with Crippen molar-refractivity contribution in [3.05, 3.63) is 24.0 Å². The number of ether oxygens (including phenoxy) is 1. The predicted molar refractivity (Wildman–Crippen MR) is 85.6 cm³/mol. The summed E-state index contributed by atoms with van der Waals surface area (Å²) in [6.07, 6.45) is -0.721. The standard InChI is InChI=1S/C14H17N5O2S/c1-8(20)12-17-13(19(18-12)5-6-21-2)9-3-4-11-10(7-9)16-14(15)22-11/h3-4,7-8,20H,5-6H2,1-2H3,(H2,15,16). The van der Waals surface area contributed by atoms with Gasteiger partial charge in [-0.15, -0.1) is 0 Å². The Balaban J connectivity index is 2.06. The van der Waals surface area contributed by atoms with Gasteiger partial charge < -0.3 is 15.6 Å². The van der Waals surface area contributed by atoms with Crippen LogP contribution < -0.4 is 5.73 Å². The fraction of sp³-hybridized carbons (Fsp3) is 0.357. The van der Waals surface area contributed by atoms with Gasteiger partial charge in [0.2, 0.25) is 0 Å². The highest BCUT2D eigenvalue weighted by Gasteiger charge is 2.16. The predicted octanol–water partition coefficient (Wildman–Crippen LogP) is 1.84. The van der Waals surface area contributed by atoms with Crippen molar-refractivity contribution in [3.8, 4) is 11.4 Å². The molecule has 116 valence electrons. The maximum absolute atomic E-state index is 9.71. The summed E-state index contributed by atoms with van der Waals surface area (Å²) in [5.41, 5.74) is 7.46. The lowest BCUT2D eigenvalue weighted by Crippen LogP contribution is -2.08. The van der Waals surface area contributed by atoms with Gasteiger partial charge in [0.05, 0.1) is 23.4 Å². The first kappa shape index (κ1) is 14.9. The van der Waals surface area contributed by atoms with Crippen molar-refractivity contribution >= 4 is 26.7 Å². The number of hydrogen-bond acceptors (Lipinski definition) is 7. The minimum absolute atomic E-state index is 0.393. The summed E-state index contributed by atoms with van der Waals surface area (Å²) in [7, 11) is 1.64. The van der Waals surface area contributed by atoms with Gasteiger partial charge in [0.1, 0.15) is 6.10 Å². The highest BCUT2D eigenvalue weighted by Crippen LogP contribution is 2.28. The number of nitrogen functional groups attached to an aromatic ring is 1. The summed E-state index contributed by atoms with van der Waals surface area (Å²) >= 11 is 1.45. The Hall–Kier alpha value is -2.03. The Labute approximate surface area is 131 Å². The molecule has 1 aromatic carbocycles. The molecule has 1 atom stereocenters. The lowest BCUT2D eigenvalue weighted by atomic mass is 10.2. The molecule has 8 heteroatoms. The number of nitrogens with two attached hydrogens (primary N) is 1. The van der Waals surface area contributed by atoms with Crippen LogP contribution in [0.15, 0.2) is 18.2 Å². The van der Waals surface area contributed by atoms with E-state index in [2.05, 4.69) is 15.1 Å². The third-order valence-corrected chi connectivity index (χ3v) is 4.10. The van der Waals surface area contributed by atoms with Crippen LogP contribution in [0.25, 0.3) is 21.6 Å². The summed E-state index contributed by atoms with van der Waals surface area (Å²) in [5.74, 6) is 1.07. The molecule has 0 saturated heterocycles. The second-order valence-corrected chi connectivity index (χ2v) is 5.98. The number of thiazole rings is 1. The zero-order valence-corrected chi connectivity index (χ0v) is 13.2. The summed E-state index contributed by atoms with van der Waals surface area (Å²) in [6.45, 7) is 2.72. The molecule has 0 amide bonds. The number of aliphatic hydroxyl groups excluding tert-OH is 1. The van der Waals surface area contributed by atoms with Crippen LogP contribution in [-0.2, 0) is 11.3 Å². The van der Waals surface area contributed by atoms with Gasteiger partial charge in [-0.25, -0.2) is 14.6 Å². The number of anilines is 1. The fourth-order valence-electron chi connectivity index (χ4n) is 2.17. The van der Waals surface area contributed by atoms with E-state index in [9.17, 15) is 5.11 Å². The number of methoxy groups -OCH3 is 1. The summed E-state index contributed by atoms with van der Waals surface area (Å²) < 4.78 is 7.87. The third kappa shape index (κ3) is 2.80. The number of benzene rings is 1. The molecule has 3 rings (SSSR count). The van der Waals surface area contributed by atoms with Gasteiger partial charge in [0, 0.05) is 12.7 Å². The maximum atomic E-state index is 9.71. The van der Waals surface area contributed by atoms with E-state index in [0.717, 1.165) is 15.8 Å². The van der Waals surface area contributed by atoms with Crippen LogP contribution in [0, 0.1) is 0 Å². The van der Waals surface area contributed by atoms with Crippen molar-refractivity contribution in [3.63, 3.8) is 0 Å². The number of nitrogens with zero attached hydrogens (tertiary/aromatic N) is 4. The molecule has 0 aliphatic carbocycles. The van der Waals surface area contributed by atoms with E-state index < -0.39 is 6.10 Å². The second-order valence-electron chi connectivity index (χ2n) is 4.92. The molecule has 0 radical (unpaired) electrons. The molecular weight excluding hydrogens is 302 g/mol. The second kappa shape index (κ2) is 5.99. The minimum atomic E-state index is -0.721. The molecule has 0 spiro atoms. The number of aliphatic hydroxyl groups is 1. The first-order valence-electron chi connectivity index (χ1n) is 6.86. The Kier molecular flexibility index (Phi) is 4.06. The Morgan fingerprint density at radius 2 is 2.23 bits per heavy atom. The van der Waals surface area contributed by atoms with Gasteiger partial charge in [-0.1, -0.05) is 11.3 Å². The lowest BCUT2D eigenvalue weighted by molar-refractivity contribution is 0.178. The van der Waals surface area contributed by atoms with Crippen molar-refractivity contribution < 1.29 is 9.84 Å². The summed E-state index contributed by atoms with van der Waals surface area (Å²) in [6, 6.07) is 5.86. The van der Waals surface area contributed by atoms with Crippen molar-refractivity contribution in [2.45, 2.75) is 19.6 Å². The molecule has 0 fully saturated rings. The Bertz CT molecular complexity index is 796. The van der Waals surface area contributed by atoms with Gasteiger partial charge in [-0.05, 0) is 25.1 Å². The topological polar surface area (TPSA) is 99.1 Å². The maximum Gasteiger partial charge on any atom is 0.181 e. The van der Waals surface area contributed by atoms with Crippen molar-refractivity contribution in [1.82, 2.24) is 19.7 Å². The largest absolute Gasteiger partial charge is 0.385 e. The number of hydrogen-bond donors (Lipinski definition) is 2. The van der Waals surface area contributed by atoms with E-state index in [0.29, 0.717) is 29.9 Å². The Morgan fingerprint density at radius 1 is 1.41 bits per heavy atom. The van der Waals surface area contributed by atoms with Crippen LogP contribution in [0.4, 0.5) is 5.13 Å². The molecule has 2 aromatic heterocycles. The zero-order valence-electron chi connectivity index (χ0n) is 12.4. The molecule has 0 bridgehead atoms. The van der Waals surface area contributed by atoms with Crippen LogP contribution in [0.1, 0.15) is 18.9 Å². The van der Waals surface area contributed by atoms with Gasteiger partial charge >= 0.3 is 0 Å². The number of fused-ring (bicyclic) bond motifs is 1. The van der Waals surface area contributed by atoms with Gasteiger partial charge in [-0.2, -0.15) is 5.10 Å². The van der Waals surface area contributed by atoms with Crippen molar-refractivity contribution in [2.24, 2.45) is 0 Å². The first-order chi connectivity index (χ1) is 10.6. The summed E-state index contributed by atoms with van der Waals surface area (Å²) in [4.78, 5) is 8.73. The molecule has 22 heavy (non-hydrogen) atoms. The molecule has 7 nitrogen and oxygen atoms in total. The normalized spacial score (nSPS) is 12.9. The van der Waals surface area contributed by atoms with Crippen molar-refractivity contribution in [1.29, 1.82) is 0 Å². The van der Waals surface area contributed by atoms with Crippen LogP contribution in [-0.4, -0.2) is 38.6 Å². The molecule has 0 aliphatic heterocycles. The SMILES string of the molecule is COCCn1nc(C(C)O)nc1-c1ccc2sc(N)nc2c1. The zero-order chi connectivity index (χ0) is 15.7. The molecule has 0 aliphatic rings. The molecule has 0 saturated carbocycles. The molecule has 3 N–H and O–H groups in total. The molecule has 2 heterocycles. The minimum Gasteiger partial charge on any atom is -0.385 e. The highest BCUT2D eigenvalue weighted by atomic mass is 32.1. The molecule has 1 unspecified atom stereocenters. The van der Waals surface area contributed by atoms with E-state index in [1.54, 1.807) is 18.7 Å². The average Bonchev–Trinajstić information content (AvgIpc) is 3.06. The van der Waals surface area contributed by atoms with E-state index in [-0.39, 0.29) is 0 Å². The van der Waals surface area contributed by atoms with Gasteiger partial charge in [0.25, 0.3) is 0 Å². The van der Waals surface area contributed by atoms with Gasteiger partial charge in [-0.3, -0.25) is 0 Å². The van der Waals surface area contributed by atoms with Crippen molar-refractivity contribution in [2.75, 3.05) is 19.5 Å². The first-order valence-corrected chi connectivity index (χ1v) is 7.68. The average molecular weight is 319 g/mol. The van der Waals surface area contributed by atoms with Crippen LogP contribution >= 0.6 is 11.3 Å². The monoisotopic (exact) mass is 319 g/mol. The molecular formula is C14H17N5O2S. The van der Waals surface area contributed by atoms with Crippen LogP contribution in [0.5, 0.6) is 0 Å². The smallest absolute Gasteiger partial charge is 0.181 e. The van der Waals surface area contributed by atoms with Crippen LogP contribution in [0.2, 0.25) is 0 Å². The van der Waals surface area contributed by atoms with E-state index in [1.807, 2.05) is 18.2 Å². The highest BCUT2D eigenvalue weighted by molar-refractivity contribution is 7.22.